The number of anilines is 1. The Kier molecular flexibility index (Phi) is 6.91. The Labute approximate surface area is 112 Å². The summed E-state index contributed by atoms with van der Waals surface area (Å²) < 4.78 is 0.399. The zero-order valence-corrected chi connectivity index (χ0v) is 11.5. The van der Waals surface area contributed by atoms with E-state index in [1.54, 1.807) is 0 Å². The van der Waals surface area contributed by atoms with Gasteiger partial charge in [-0.15, -0.1) is 0 Å². The summed E-state index contributed by atoms with van der Waals surface area (Å²) in [4.78, 5) is 0. The molecule has 0 aliphatic heterocycles. The molecule has 0 aliphatic rings. The predicted molar refractivity (Wildman–Crippen MR) is 59.4 cm³/mol. The third-order valence-electron chi connectivity index (χ3n) is 1.63. The fourth-order valence-electron chi connectivity index (χ4n) is 1.06. The molecule has 0 bridgehead atoms. The maximum atomic E-state index is 4.79. The van der Waals surface area contributed by atoms with E-state index in [2.05, 4.69) is 18.3 Å². The molecule has 0 fully saturated rings. The van der Waals surface area contributed by atoms with Gasteiger partial charge in [-0.3, -0.25) is 0 Å². The van der Waals surface area contributed by atoms with Gasteiger partial charge in [-0.05, 0) is 18.1 Å². The topological polar surface area (TPSA) is 12.0 Å². The number of para-hydroxylation sites is 1. The summed E-state index contributed by atoms with van der Waals surface area (Å²) >= 11 is 9.58. The van der Waals surface area contributed by atoms with Crippen LogP contribution >= 0.6 is 12.2 Å². The minimum absolute atomic E-state index is 0. The van der Waals surface area contributed by atoms with E-state index in [0.29, 0.717) is 4.32 Å². The van der Waals surface area contributed by atoms with Gasteiger partial charge in [0.25, 0.3) is 0 Å². The van der Waals surface area contributed by atoms with Gasteiger partial charge in [0.2, 0.25) is 0 Å². The number of aryl methyl sites for hydroxylation is 1. The van der Waals surface area contributed by atoms with Gasteiger partial charge in [0, 0.05) is 5.69 Å². The average molecular weight is 219 g/mol. The van der Waals surface area contributed by atoms with Crippen LogP contribution < -0.4 is 34.9 Å². The molecule has 0 heterocycles. The van der Waals surface area contributed by atoms with Gasteiger partial charge in [-0.2, -0.15) is 0 Å². The first kappa shape index (κ1) is 13.3. The number of hydrogen-bond acceptors (Lipinski definition) is 2. The molecule has 0 radical (unpaired) electrons. The van der Waals surface area contributed by atoms with E-state index in [4.69, 9.17) is 24.8 Å². The first-order valence-corrected chi connectivity index (χ1v) is 4.61. The maximum absolute atomic E-state index is 4.79. The van der Waals surface area contributed by atoms with Crippen LogP contribution in [-0.4, -0.2) is 4.32 Å². The van der Waals surface area contributed by atoms with Gasteiger partial charge in [-0.1, -0.05) is 29.4 Å². The van der Waals surface area contributed by atoms with Crippen molar-refractivity contribution >= 4 is 34.9 Å². The summed E-state index contributed by atoms with van der Waals surface area (Å²) in [5.74, 6) is 0. The Morgan fingerprint density at radius 1 is 1.46 bits per heavy atom. The standard InChI is InChI=1S/C9H11NS2.Na/c1-2-7-5-3-4-6-8(7)10-9(11)12;/h3-6H,2H2,1H3,(H2,10,11,12);/q;+1/p-1. The summed E-state index contributed by atoms with van der Waals surface area (Å²) in [6.45, 7) is 2.10. The number of rotatable bonds is 2. The average Bonchev–Trinajstić information content (AvgIpc) is 2.04. The van der Waals surface area contributed by atoms with E-state index < -0.39 is 0 Å². The molecule has 0 spiro atoms. The van der Waals surface area contributed by atoms with E-state index in [9.17, 15) is 0 Å². The van der Waals surface area contributed by atoms with Crippen LogP contribution in [0.1, 0.15) is 12.5 Å². The van der Waals surface area contributed by atoms with Crippen molar-refractivity contribution < 1.29 is 29.6 Å². The molecule has 1 rings (SSSR count). The summed E-state index contributed by atoms with van der Waals surface area (Å²) in [5, 5.41) is 2.97. The van der Waals surface area contributed by atoms with Crippen LogP contribution in [0.5, 0.6) is 0 Å². The molecule has 0 saturated heterocycles. The van der Waals surface area contributed by atoms with E-state index in [1.807, 2.05) is 18.2 Å². The molecular weight excluding hydrogens is 209 g/mol. The fourth-order valence-corrected chi connectivity index (χ4v) is 1.28. The first-order valence-electron chi connectivity index (χ1n) is 3.80. The van der Waals surface area contributed by atoms with Crippen LogP contribution in [0.25, 0.3) is 0 Å². The number of thiocarbonyl (C=S) groups is 1. The van der Waals surface area contributed by atoms with Crippen LogP contribution in [-0.2, 0) is 19.0 Å². The molecule has 4 heteroatoms. The molecule has 13 heavy (non-hydrogen) atoms. The van der Waals surface area contributed by atoms with Gasteiger partial charge in [0.05, 0.1) is 0 Å². The molecule has 0 unspecified atom stereocenters. The van der Waals surface area contributed by atoms with E-state index >= 15 is 0 Å². The molecule has 1 nitrogen and oxygen atoms in total. The second-order valence-corrected chi connectivity index (χ2v) is 3.50. The Balaban J connectivity index is 0.00000144. The van der Waals surface area contributed by atoms with Crippen LogP contribution in [0.4, 0.5) is 5.69 Å². The van der Waals surface area contributed by atoms with Crippen molar-refractivity contribution in [1.82, 2.24) is 0 Å². The van der Waals surface area contributed by atoms with Crippen LogP contribution in [0.2, 0.25) is 0 Å². The molecule has 0 saturated carbocycles. The minimum Gasteiger partial charge on any atom is -0.411 e. The number of hydrogen-bond donors (Lipinski definition) is 1. The van der Waals surface area contributed by atoms with E-state index in [1.165, 1.54) is 5.56 Å². The van der Waals surface area contributed by atoms with E-state index in [-0.39, 0.29) is 29.6 Å². The minimum atomic E-state index is 0. The molecule has 1 aromatic carbocycles. The van der Waals surface area contributed by atoms with Gasteiger partial charge in [-0.25, -0.2) is 0 Å². The molecule has 1 N–H and O–H groups in total. The van der Waals surface area contributed by atoms with Crippen molar-refractivity contribution in [1.29, 1.82) is 0 Å². The molecule has 0 aliphatic carbocycles. The molecule has 64 valence electrons. The van der Waals surface area contributed by atoms with Crippen molar-refractivity contribution in [3.05, 3.63) is 29.8 Å². The summed E-state index contributed by atoms with van der Waals surface area (Å²) in [7, 11) is 0. The van der Waals surface area contributed by atoms with Gasteiger partial charge in [0.1, 0.15) is 0 Å². The third kappa shape index (κ3) is 4.38. The van der Waals surface area contributed by atoms with Gasteiger partial charge < -0.3 is 30.2 Å². The van der Waals surface area contributed by atoms with Crippen LogP contribution in [0.3, 0.4) is 0 Å². The van der Waals surface area contributed by atoms with Crippen molar-refractivity contribution in [2.75, 3.05) is 5.32 Å². The Morgan fingerprint density at radius 3 is 2.62 bits per heavy atom. The predicted octanol–water partition coefficient (Wildman–Crippen LogP) is -0.503. The number of nitrogens with one attached hydrogen (secondary N) is 1. The molecule has 0 atom stereocenters. The molecule has 0 amide bonds. The summed E-state index contributed by atoms with van der Waals surface area (Å²) in [5.41, 5.74) is 2.27. The SMILES string of the molecule is CCc1ccccc1NC(=S)[S-].[Na+]. The summed E-state index contributed by atoms with van der Waals surface area (Å²) in [6.07, 6.45) is 0.987. The molecular formula is C9H10NNaS2. The smallest absolute Gasteiger partial charge is 0.411 e. The Hall–Kier alpha value is 0.330. The van der Waals surface area contributed by atoms with Crippen LogP contribution in [0, 0.1) is 0 Å². The molecule has 0 aromatic heterocycles. The number of benzene rings is 1. The van der Waals surface area contributed by atoms with Crippen molar-refractivity contribution in [2.45, 2.75) is 13.3 Å². The Bertz CT molecular complexity index is 289. The molecule has 1 aromatic rings. The zero-order chi connectivity index (χ0) is 8.97. The quantitative estimate of drug-likeness (QED) is 0.409. The fraction of sp³-hybridized carbons (Fsp3) is 0.222. The maximum Gasteiger partial charge on any atom is 1.00 e. The van der Waals surface area contributed by atoms with Crippen molar-refractivity contribution in [2.24, 2.45) is 0 Å². The zero-order valence-electron chi connectivity index (χ0n) is 7.83. The summed E-state index contributed by atoms with van der Waals surface area (Å²) in [6, 6.07) is 8.03. The van der Waals surface area contributed by atoms with E-state index in [0.717, 1.165) is 12.1 Å². The second kappa shape index (κ2) is 6.74. The normalized spacial score (nSPS) is 8.69. The first-order chi connectivity index (χ1) is 5.74. The largest absolute Gasteiger partial charge is 1.00 e. The van der Waals surface area contributed by atoms with Crippen molar-refractivity contribution in [3.63, 3.8) is 0 Å². The third-order valence-corrected chi connectivity index (χ3v) is 1.84. The second-order valence-electron chi connectivity index (χ2n) is 2.42. The van der Waals surface area contributed by atoms with Crippen molar-refractivity contribution in [3.8, 4) is 0 Å². The van der Waals surface area contributed by atoms with Crippen LogP contribution in [0.15, 0.2) is 24.3 Å². The Morgan fingerprint density at radius 2 is 2.08 bits per heavy atom. The van der Waals surface area contributed by atoms with Gasteiger partial charge in [0.15, 0.2) is 0 Å². The van der Waals surface area contributed by atoms with Gasteiger partial charge >= 0.3 is 29.6 Å². The monoisotopic (exact) mass is 219 g/mol.